The van der Waals surface area contributed by atoms with E-state index in [0.717, 1.165) is 5.56 Å². The fraction of sp³-hybridized carbons (Fsp3) is 0.538. The van der Waals surface area contributed by atoms with Crippen LogP contribution in [-0.4, -0.2) is 18.3 Å². The van der Waals surface area contributed by atoms with Crippen LogP contribution in [0, 0.1) is 5.92 Å². The zero-order chi connectivity index (χ0) is 12.4. The van der Waals surface area contributed by atoms with Crippen LogP contribution in [0.5, 0.6) is 11.5 Å². The average Bonchev–Trinajstić information content (AvgIpc) is 2.27. The maximum Gasteiger partial charge on any atom is 0.163 e. The monoisotopic (exact) mass is 237 g/mol. The van der Waals surface area contributed by atoms with Crippen molar-refractivity contribution in [3.63, 3.8) is 0 Å². The number of nitrogen functional groups attached to an aromatic ring is 1. The van der Waals surface area contributed by atoms with E-state index in [1.165, 1.54) is 0 Å². The van der Waals surface area contributed by atoms with Gasteiger partial charge in [-0.05, 0) is 18.4 Å². The van der Waals surface area contributed by atoms with Crippen LogP contribution >= 0.6 is 0 Å². The Morgan fingerprint density at radius 1 is 1.24 bits per heavy atom. The number of nitrogens with two attached hydrogens (primary N) is 1. The predicted molar refractivity (Wildman–Crippen MR) is 66.3 cm³/mol. The van der Waals surface area contributed by atoms with Gasteiger partial charge in [0.1, 0.15) is 13.2 Å². The molecular formula is C13H19NO3. The predicted octanol–water partition coefficient (Wildman–Crippen LogP) is 2.12. The zero-order valence-electron chi connectivity index (χ0n) is 10.3. The van der Waals surface area contributed by atoms with Crippen molar-refractivity contribution in [1.29, 1.82) is 0 Å². The number of anilines is 1. The summed E-state index contributed by atoms with van der Waals surface area (Å²) in [6.45, 7) is 5.21. The molecule has 0 saturated heterocycles. The quantitative estimate of drug-likeness (QED) is 0.790. The van der Waals surface area contributed by atoms with E-state index in [1.807, 2.05) is 0 Å². The Morgan fingerprint density at radius 2 is 1.82 bits per heavy atom. The molecule has 0 bridgehead atoms. The Bertz CT molecular complexity index is 404. The van der Waals surface area contributed by atoms with Gasteiger partial charge in [-0.2, -0.15) is 0 Å². The summed E-state index contributed by atoms with van der Waals surface area (Å²) in [6.07, 6.45) is 0.134. The highest BCUT2D eigenvalue weighted by molar-refractivity contribution is 5.59. The lowest BCUT2D eigenvalue weighted by Crippen LogP contribution is -2.16. The van der Waals surface area contributed by atoms with Gasteiger partial charge in [-0.25, -0.2) is 0 Å². The standard InChI is InChI=1S/C13H19NO3/c1-8(2)5-11(15)9-6-12-13(7-10(9)14)17-4-3-16-12/h6-8,11,15H,3-5,14H2,1-2H3. The van der Waals surface area contributed by atoms with Crippen molar-refractivity contribution in [3.8, 4) is 11.5 Å². The van der Waals surface area contributed by atoms with Gasteiger partial charge in [0.05, 0.1) is 6.10 Å². The van der Waals surface area contributed by atoms with E-state index in [9.17, 15) is 5.11 Å². The van der Waals surface area contributed by atoms with Crippen LogP contribution in [0.2, 0.25) is 0 Å². The first kappa shape index (κ1) is 12.0. The summed E-state index contributed by atoms with van der Waals surface area (Å²) in [7, 11) is 0. The Balaban J connectivity index is 2.28. The van der Waals surface area contributed by atoms with Crippen molar-refractivity contribution in [2.75, 3.05) is 18.9 Å². The third-order valence-electron chi connectivity index (χ3n) is 2.80. The van der Waals surface area contributed by atoms with E-state index in [4.69, 9.17) is 15.2 Å². The van der Waals surface area contributed by atoms with Crippen LogP contribution in [0.4, 0.5) is 5.69 Å². The van der Waals surface area contributed by atoms with Gasteiger partial charge < -0.3 is 20.3 Å². The average molecular weight is 237 g/mol. The molecule has 1 atom stereocenters. The number of fused-ring (bicyclic) bond motifs is 1. The molecule has 0 fully saturated rings. The molecule has 1 unspecified atom stereocenters. The van der Waals surface area contributed by atoms with Gasteiger partial charge in [0.2, 0.25) is 0 Å². The molecule has 17 heavy (non-hydrogen) atoms. The molecule has 2 rings (SSSR count). The van der Waals surface area contributed by atoms with Gasteiger partial charge in [0, 0.05) is 17.3 Å². The third-order valence-corrected chi connectivity index (χ3v) is 2.80. The van der Waals surface area contributed by atoms with E-state index < -0.39 is 6.10 Å². The van der Waals surface area contributed by atoms with Crippen LogP contribution in [0.3, 0.4) is 0 Å². The topological polar surface area (TPSA) is 64.7 Å². The molecule has 0 saturated carbocycles. The summed E-state index contributed by atoms with van der Waals surface area (Å²) in [5.74, 6) is 1.75. The van der Waals surface area contributed by atoms with Gasteiger partial charge in [-0.15, -0.1) is 0 Å². The van der Waals surface area contributed by atoms with Gasteiger partial charge in [-0.1, -0.05) is 13.8 Å². The van der Waals surface area contributed by atoms with Crippen LogP contribution in [0.1, 0.15) is 31.9 Å². The lowest BCUT2D eigenvalue weighted by Gasteiger charge is -2.22. The molecule has 94 valence electrons. The molecular weight excluding hydrogens is 218 g/mol. The fourth-order valence-electron chi connectivity index (χ4n) is 1.98. The molecule has 4 nitrogen and oxygen atoms in total. The second-order valence-corrected chi connectivity index (χ2v) is 4.77. The third kappa shape index (κ3) is 2.64. The number of rotatable bonds is 3. The normalized spacial score (nSPS) is 16.0. The molecule has 1 aromatic rings. The van der Waals surface area contributed by atoms with E-state index in [0.29, 0.717) is 42.7 Å². The minimum absolute atomic E-state index is 0.414. The summed E-state index contributed by atoms with van der Waals surface area (Å²) >= 11 is 0. The molecule has 0 amide bonds. The van der Waals surface area contributed by atoms with Crippen LogP contribution < -0.4 is 15.2 Å². The number of aliphatic hydroxyl groups excluding tert-OH is 1. The minimum Gasteiger partial charge on any atom is -0.486 e. The molecule has 0 aromatic heterocycles. The smallest absolute Gasteiger partial charge is 0.163 e. The molecule has 4 heteroatoms. The lowest BCUT2D eigenvalue weighted by atomic mass is 9.98. The Morgan fingerprint density at radius 3 is 2.41 bits per heavy atom. The lowest BCUT2D eigenvalue weighted by molar-refractivity contribution is 0.148. The summed E-state index contributed by atoms with van der Waals surface area (Å²) in [6, 6.07) is 3.52. The van der Waals surface area contributed by atoms with Gasteiger partial charge >= 0.3 is 0 Å². The Kier molecular flexibility index (Phi) is 3.43. The Labute approximate surface area is 101 Å². The summed E-state index contributed by atoms with van der Waals surface area (Å²) < 4.78 is 10.9. The van der Waals surface area contributed by atoms with E-state index in [-0.39, 0.29) is 0 Å². The Hall–Kier alpha value is -1.42. The van der Waals surface area contributed by atoms with E-state index in [1.54, 1.807) is 12.1 Å². The number of benzene rings is 1. The first-order valence-corrected chi connectivity index (χ1v) is 5.95. The maximum absolute atomic E-state index is 10.1. The summed E-state index contributed by atoms with van der Waals surface area (Å²) in [5.41, 5.74) is 7.21. The van der Waals surface area contributed by atoms with E-state index in [2.05, 4.69) is 13.8 Å². The van der Waals surface area contributed by atoms with Crippen molar-refractivity contribution in [2.45, 2.75) is 26.4 Å². The summed E-state index contributed by atoms with van der Waals surface area (Å²) in [5, 5.41) is 10.1. The number of ether oxygens (including phenoxy) is 2. The number of hydrogen-bond acceptors (Lipinski definition) is 4. The zero-order valence-corrected chi connectivity index (χ0v) is 10.3. The molecule has 1 aliphatic heterocycles. The first-order valence-electron chi connectivity index (χ1n) is 5.95. The molecule has 1 aromatic carbocycles. The van der Waals surface area contributed by atoms with Crippen LogP contribution in [-0.2, 0) is 0 Å². The maximum atomic E-state index is 10.1. The van der Waals surface area contributed by atoms with Crippen LogP contribution in [0.25, 0.3) is 0 Å². The van der Waals surface area contributed by atoms with E-state index >= 15 is 0 Å². The van der Waals surface area contributed by atoms with Gasteiger partial charge in [-0.3, -0.25) is 0 Å². The fourth-order valence-corrected chi connectivity index (χ4v) is 1.98. The second-order valence-electron chi connectivity index (χ2n) is 4.77. The minimum atomic E-state index is -0.550. The van der Waals surface area contributed by atoms with Gasteiger partial charge in [0.25, 0.3) is 0 Å². The molecule has 0 radical (unpaired) electrons. The van der Waals surface area contributed by atoms with Crippen molar-refractivity contribution in [3.05, 3.63) is 17.7 Å². The van der Waals surface area contributed by atoms with Gasteiger partial charge in [0.15, 0.2) is 11.5 Å². The highest BCUT2D eigenvalue weighted by Crippen LogP contribution is 2.37. The van der Waals surface area contributed by atoms with Crippen molar-refractivity contribution >= 4 is 5.69 Å². The first-order chi connectivity index (χ1) is 8.08. The highest BCUT2D eigenvalue weighted by atomic mass is 16.6. The molecule has 1 heterocycles. The molecule has 3 N–H and O–H groups in total. The SMILES string of the molecule is CC(C)CC(O)c1cc2c(cc1N)OCCO2. The highest BCUT2D eigenvalue weighted by Gasteiger charge is 2.19. The van der Waals surface area contributed by atoms with Crippen LogP contribution in [0.15, 0.2) is 12.1 Å². The molecule has 0 aliphatic carbocycles. The molecule has 1 aliphatic rings. The summed E-state index contributed by atoms with van der Waals surface area (Å²) in [4.78, 5) is 0. The second kappa shape index (κ2) is 4.84. The largest absolute Gasteiger partial charge is 0.486 e. The number of hydrogen-bond donors (Lipinski definition) is 2. The van der Waals surface area contributed by atoms with Crippen molar-refractivity contribution in [1.82, 2.24) is 0 Å². The molecule has 0 spiro atoms. The number of aliphatic hydroxyl groups is 1. The van der Waals surface area contributed by atoms with Crippen molar-refractivity contribution in [2.24, 2.45) is 5.92 Å². The van der Waals surface area contributed by atoms with Crippen molar-refractivity contribution < 1.29 is 14.6 Å².